The van der Waals surface area contributed by atoms with Crippen LogP contribution in [0.4, 0.5) is 0 Å². The average molecular weight is 686 g/mol. The molecule has 0 radical (unpaired) electrons. The normalized spacial score (nSPS) is 12.2. The zero-order valence-electron chi connectivity index (χ0n) is 30.4. The molecule has 4 aromatic rings. The van der Waals surface area contributed by atoms with Gasteiger partial charge in [-0.2, -0.15) is 0 Å². The van der Waals surface area contributed by atoms with Crippen LogP contribution in [0.3, 0.4) is 0 Å². The van der Waals surface area contributed by atoms with E-state index in [9.17, 15) is 5.11 Å². The third kappa shape index (κ3) is 11.9. The first-order chi connectivity index (χ1) is 24.6. The molecule has 1 saturated heterocycles. The van der Waals surface area contributed by atoms with E-state index in [1.807, 2.05) is 42.5 Å². The molecule has 1 aliphatic heterocycles. The molecular weight excluding hydrogens is 630 g/mol. The van der Waals surface area contributed by atoms with Gasteiger partial charge in [0, 0.05) is 25.3 Å². The van der Waals surface area contributed by atoms with Crippen molar-refractivity contribution in [2.75, 3.05) is 39.6 Å². The van der Waals surface area contributed by atoms with Gasteiger partial charge in [-0.15, -0.1) is 0 Å². The predicted octanol–water partition coefficient (Wildman–Crippen LogP) is 10.1. The van der Waals surface area contributed by atoms with Crippen molar-refractivity contribution in [3.63, 3.8) is 0 Å². The van der Waals surface area contributed by atoms with Crippen molar-refractivity contribution < 1.29 is 28.8 Å². The van der Waals surface area contributed by atoms with E-state index in [-0.39, 0.29) is 5.75 Å². The summed E-state index contributed by atoms with van der Waals surface area (Å²) in [6.07, 6.45) is 10.4. The molecule has 5 rings (SSSR count). The minimum absolute atomic E-state index is 0.0822. The lowest BCUT2D eigenvalue weighted by molar-refractivity contribution is 0.198. The first-order valence-corrected chi connectivity index (χ1v) is 18.5. The number of para-hydroxylation sites is 1. The summed E-state index contributed by atoms with van der Waals surface area (Å²) in [5.41, 5.74) is 1.92. The van der Waals surface area contributed by atoms with Gasteiger partial charge in [0.25, 0.3) is 0 Å². The Morgan fingerprint density at radius 3 is 1.36 bits per heavy atom. The first-order valence-electron chi connectivity index (χ1n) is 18.5. The fourth-order valence-corrected chi connectivity index (χ4v) is 5.03. The number of benzene rings is 3. The number of phenolic OH excluding ortho intramolecular Hbond substituents is 1. The molecule has 3 aromatic carbocycles. The van der Waals surface area contributed by atoms with Crippen molar-refractivity contribution in [1.82, 2.24) is 15.0 Å². The Morgan fingerprint density at radius 2 is 0.960 bits per heavy atom. The summed E-state index contributed by atoms with van der Waals surface area (Å²) >= 11 is 0. The fraction of sp³-hybridized carbons (Fsp3) is 0.488. The van der Waals surface area contributed by atoms with Gasteiger partial charge in [0.15, 0.2) is 17.5 Å². The Hall–Kier alpha value is -4.37. The van der Waals surface area contributed by atoms with Crippen LogP contribution < -0.4 is 18.9 Å². The van der Waals surface area contributed by atoms with Gasteiger partial charge in [-0.3, -0.25) is 0 Å². The summed E-state index contributed by atoms with van der Waals surface area (Å²) in [7, 11) is 0. The largest absolute Gasteiger partial charge is 0.507 e. The monoisotopic (exact) mass is 685 g/mol. The Morgan fingerprint density at radius 1 is 0.540 bits per heavy atom. The molecule has 270 valence electrons. The van der Waals surface area contributed by atoms with E-state index in [4.69, 9.17) is 38.6 Å². The molecule has 1 N–H and O–H groups in total. The second kappa shape index (κ2) is 21.7. The van der Waals surface area contributed by atoms with Crippen molar-refractivity contribution in [2.45, 2.75) is 91.9 Å². The lowest BCUT2D eigenvalue weighted by Gasteiger charge is -2.16. The van der Waals surface area contributed by atoms with Gasteiger partial charge in [-0.05, 0) is 74.9 Å². The number of aromatic nitrogens is 3. The van der Waals surface area contributed by atoms with Gasteiger partial charge in [0.1, 0.15) is 28.7 Å². The van der Waals surface area contributed by atoms with Crippen LogP contribution in [0.5, 0.6) is 28.7 Å². The smallest absolute Gasteiger partial charge is 0.167 e. The van der Waals surface area contributed by atoms with E-state index in [2.05, 4.69) is 27.7 Å². The van der Waals surface area contributed by atoms with Crippen LogP contribution in [-0.2, 0) is 4.74 Å². The maximum atomic E-state index is 10.8. The molecule has 0 saturated carbocycles. The lowest BCUT2D eigenvalue weighted by atomic mass is 10.1. The van der Waals surface area contributed by atoms with Gasteiger partial charge >= 0.3 is 0 Å². The minimum Gasteiger partial charge on any atom is -0.507 e. The molecule has 0 spiro atoms. The highest BCUT2D eigenvalue weighted by molar-refractivity contribution is 5.74. The summed E-state index contributed by atoms with van der Waals surface area (Å²) < 4.78 is 29.5. The van der Waals surface area contributed by atoms with Crippen LogP contribution in [0.2, 0.25) is 0 Å². The summed E-state index contributed by atoms with van der Waals surface area (Å²) in [6.45, 7) is 12.9. The first kappa shape index (κ1) is 38.4. The van der Waals surface area contributed by atoms with E-state index in [0.29, 0.717) is 72.1 Å². The SMILES string of the molecule is C1CCOC1.CCCCOc1ccc(-c2nc(-c3ccccc3O)nc(-c3ccc(OCCCC)cc3OCCCC)n2)c(OCCCC)c1. The quantitative estimate of drug-likeness (QED) is 0.0966. The zero-order chi connectivity index (χ0) is 35.4. The highest BCUT2D eigenvalue weighted by atomic mass is 16.5. The third-order valence-electron chi connectivity index (χ3n) is 8.04. The van der Waals surface area contributed by atoms with E-state index >= 15 is 0 Å². The van der Waals surface area contributed by atoms with Gasteiger partial charge in [-0.1, -0.05) is 65.5 Å². The summed E-state index contributed by atoms with van der Waals surface area (Å²) in [6, 6.07) is 18.6. The average Bonchev–Trinajstić information content (AvgIpc) is 3.73. The van der Waals surface area contributed by atoms with Crippen molar-refractivity contribution in [2.24, 2.45) is 0 Å². The summed E-state index contributed by atoms with van der Waals surface area (Å²) in [5, 5.41) is 10.8. The van der Waals surface area contributed by atoms with Gasteiger partial charge in [0.2, 0.25) is 0 Å². The molecule has 0 unspecified atom stereocenters. The summed E-state index contributed by atoms with van der Waals surface area (Å²) in [5.74, 6) is 4.02. The van der Waals surface area contributed by atoms with Crippen molar-refractivity contribution in [1.29, 1.82) is 0 Å². The molecule has 1 aromatic heterocycles. The zero-order valence-corrected chi connectivity index (χ0v) is 30.4. The van der Waals surface area contributed by atoms with Crippen molar-refractivity contribution in [3.05, 3.63) is 60.7 Å². The van der Waals surface area contributed by atoms with Crippen molar-refractivity contribution in [3.8, 4) is 62.9 Å². The van der Waals surface area contributed by atoms with Crippen LogP contribution in [0.25, 0.3) is 34.2 Å². The van der Waals surface area contributed by atoms with Crippen molar-refractivity contribution >= 4 is 0 Å². The standard InChI is InChI=1S/C37H47N3O5.C4H8O/c1-5-9-21-42-27-17-19-30(33(25-27)44-23-11-7-3)36-38-35(29-15-13-14-16-32(29)41)39-37(40-36)31-20-18-28(43-22-10-6-2)26-34(31)45-24-12-8-4;1-2-4-5-3-1/h13-20,25-26,41H,5-12,21-24H2,1-4H3;1-4H2. The van der Waals surface area contributed by atoms with Crippen LogP contribution in [0.1, 0.15) is 91.9 Å². The maximum absolute atomic E-state index is 10.8. The number of nitrogens with zero attached hydrogens (tertiary/aromatic N) is 3. The molecule has 9 nitrogen and oxygen atoms in total. The van der Waals surface area contributed by atoms with E-state index in [0.717, 1.165) is 76.1 Å². The topological polar surface area (TPSA) is 105 Å². The van der Waals surface area contributed by atoms with Crippen LogP contribution in [-0.4, -0.2) is 59.7 Å². The highest BCUT2D eigenvalue weighted by Gasteiger charge is 2.20. The number of hydrogen-bond donors (Lipinski definition) is 1. The predicted molar refractivity (Wildman–Crippen MR) is 199 cm³/mol. The maximum Gasteiger partial charge on any atom is 0.167 e. The molecule has 9 heteroatoms. The highest BCUT2D eigenvalue weighted by Crippen LogP contribution is 2.38. The molecule has 0 aliphatic carbocycles. The van der Waals surface area contributed by atoms with Gasteiger partial charge < -0.3 is 28.8 Å². The van der Waals surface area contributed by atoms with Crippen LogP contribution >= 0.6 is 0 Å². The fourth-order valence-electron chi connectivity index (χ4n) is 5.03. The molecule has 50 heavy (non-hydrogen) atoms. The number of unbranched alkanes of at least 4 members (excludes halogenated alkanes) is 4. The van der Waals surface area contributed by atoms with Crippen LogP contribution in [0, 0.1) is 0 Å². The van der Waals surface area contributed by atoms with Gasteiger partial charge in [0.05, 0.1) is 43.1 Å². The van der Waals surface area contributed by atoms with Crippen LogP contribution in [0.15, 0.2) is 60.7 Å². The third-order valence-corrected chi connectivity index (χ3v) is 8.04. The molecule has 0 bridgehead atoms. The minimum atomic E-state index is 0.0822. The second-order valence-electron chi connectivity index (χ2n) is 12.3. The number of hydrogen-bond acceptors (Lipinski definition) is 9. The second-order valence-corrected chi connectivity index (χ2v) is 12.3. The number of rotatable bonds is 19. The molecule has 1 aliphatic rings. The molecule has 0 amide bonds. The molecule has 2 heterocycles. The van der Waals surface area contributed by atoms with E-state index < -0.39 is 0 Å². The molecular formula is C41H55N3O6. The molecule has 1 fully saturated rings. The van der Waals surface area contributed by atoms with E-state index in [1.54, 1.807) is 18.2 Å². The number of ether oxygens (including phenoxy) is 5. The number of aromatic hydroxyl groups is 1. The lowest BCUT2D eigenvalue weighted by Crippen LogP contribution is -2.05. The van der Waals surface area contributed by atoms with E-state index in [1.165, 1.54) is 12.8 Å². The number of phenols is 1. The van der Waals surface area contributed by atoms with Gasteiger partial charge in [-0.25, -0.2) is 15.0 Å². The Labute approximate surface area is 298 Å². The Bertz CT molecular complexity index is 1480. The Balaban J connectivity index is 0.00000103. The molecule has 0 atom stereocenters. The Kier molecular flexibility index (Phi) is 16.6. The summed E-state index contributed by atoms with van der Waals surface area (Å²) in [4.78, 5) is 14.7.